The number of hydrogen-bond donors (Lipinski definition) is 0. The van der Waals surface area contributed by atoms with Gasteiger partial charge in [-0.2, -0.15) is 0 Å². The summed E-state index contributed by atoms with van der Waals surface area (Å²) in [6, 6.07) is 6.10. The molecule has 0 amide bonds. The molecule has 1 aliphatic rings. The molecule has 0 radical (unpaired) electrons. The first-order chi connectivity index (χ1) is 12.8. The van der Waals surface area contributed by atoms with Crippen molar-refractivity contribution in [3.8, 4) is 0 Å². The van der Waals surface area contributed by atoms with Crippen molar-refractivity contribution in [2.75, 3.05) is 36.0 Å². The lowest BCUT2D eigenvalue weighted by molar-refractivity contribution is 0.640. The number of imidazole rings is 1. The van der Waals surface area contributed by atoms with Crippen molar-refractivity contribution >= 4 is 28.4 Å². The van der Waals surface area contributed by atoms with E-state index in [4.69, 9.17) is 0 Å². The van der Waals surface area contributed by atoms with Gasteiger partial charge in [0.15, 0.2) is 22.6 Å². The lowest BCUT2D eigenvalue weighted by Crippen LogP contribution is -2.47. The predicted octanol–water partition coefficient (Wildman–Crippen LogP) is 1.22. The molecule has 1 aliphatic heterocycles. The Morgan fingerprint density at radius 2 is 1.81 bits per heavy atom. The molecule has 0 atom stereocenters. The van der Waals surface area contributed by atoms with Gasteiger partial charge in [-0.15, -0.1) is 10.2 Å². The lowest BCUT2D eigenvalue weighted by atomic mass is 10.3. The zero-order chi connectivity index (χ0) is 17.5. The van der Waals surface area contributed by atoms with Crippen molar-refractivity contribution < 1.29 is 0 Å². The third-order valence-electron chi connectivity index (χ3n) is 4.94. The minimum atomic E-state index is 0.851. The van der Waals surface area contributed by atoms with Gasteiger partial charge in [0, 0.05) is 32.7 Å². The standard InChI is InChI=1S/C17H19N9/c1-2-23-11-20-15-16(23)18-10-19-17(15)25-8-6-24(7-9-25)14-5-3-4-13-22-21-12-26(13)14/h3-5,10-12H,2,6-9H2,1H3. The van der Waals surface area contributed by atoms with Gasteiger partial charge >= 0.3 is 0 Å². The van der Waals surface area contributed by atoms with Gasteiger partial charge in [0.2, 0.25) is 0 Å². The Bertz CT molecular complexity index is 1060. The fourth-order valence-electron chi connectivity index (χ4n) is 3.57. The number of hydrogen-bond acceptors (Lipinski definition) is 7. The van der Waals surface area contributed by atoms with Crippen molar-refractivity contribution in [1.29, 1.82) is 0 Å². The molecule has 0 N–H and O–H groups in total. The molecule has 26 heavy (non-hydrogen) atoms. The summed E-state index contributed by atoms with van der Waals surface area (Å²) >= 11 is 0. The second-order valence-electron chi connectivity index (χ2n) is 6.32. The van der Waals surface area contributed by atoms with Crippen molar-refractivity contribution in [3.63, 3.8) is 0 Å². The number of piperazine rings is 1. The van der Waals surface area contributed by atoms with E-state index in [1.807, 2.05) is 27.4 Å². The van der Waals surface area contributed by atoms with Crippen LogP contribution in [0, 0.1) is 0 Å². The van der Waals surface area contributed by atoms with Gasteiger partial charge in [-0.05, 0) is 19.1 Å². The van der Waals surface area contributed by atoms with Gasteiger partial charge in [0.05, 0.1) is 6.33 Å². The Hall–Kier alpha value is -3.23. The Morgan fingerprint density at radius 1 is 0.962 bits per heavy atom. The molecular formula is C17H19N9. The molecule has 0 unspecified atom stereocenters. The van der Waals surface area contributed by atoms with Crippen LogP contribution in [0.2, 0.25) is 0 Å². The summed E-state index contributed by atoms with van der Waals surface area (Å²) in [5.41, 5.74) is 2.64. The minimum Gasteiger partial charge on any atom is -0.354 e. The minimum absolute atomic E-state index is 0.851. The maximum atomic E-state index is 4.54. The van der Waals surface area contributed by atoms with Crippen LogP contribution < -0.4 is 9.80 Å². The van der Waals surface area contributed by atoms with Gasteiger partial charge < -0.3 is 14.4 Å². The second-order valence-corrected chi connectivity index (χ2v) is 6.32. The van der Waals surface area contributed by atoms with Crippen molar-refractivity contribution in [2.45, 2.75) is 13.5 Å². The third kappa shape index (κ3) is 2.27. The monoisotopic (exact) mass is 349 g/mol. The van der Waals surface area contributed by atoms with Crippen LogP contribution in [-0.4, -0.2) is 60.3 Å². The molecule has 1 fully saturated rings. The number of rotatable bonds is 3. The summed E-state index contributed by atoms with van der Waals surface area (Å²) in [6.07, 6.45) is 5.24. The summed E-state index contributed by atoms with van der Waals surface area (Å²) in [4.78, 5) is 18.1. The molecule has 0 saturated carbocycles. The van der Waals surface area contributed by atoms with Crippen LogP contribution >= 0.6 is 0 Å². The first kappa shape index (κ1) is 15.1. The van der Waals surface area contributed by atoms with E-state index in [0.29, 0.717) is 0 Å². The van der Waals surface area contributed by atoms with Crippen LogP contribution in [0.1, 0.15) is 6.92 Å². The highest BCUT2D eigenvalue weighted by Crippen LogP contribution is 2.24. The third-order valence-corrected chi connectivity index (χ3v) is 4.94. The van der Waals surface area contributed by atoms with Crippen LogP contribution in [0.3, 0.4) is 0 Å². The molecule has 0 aliphatic carbocycles. The average molecular weight is 349 g/mol. The van der Waals surface area contributed by atoms with E-state index in [1.165, 1.54) is 0 Å². The first-order valence-electron chi connectivity index (χ1n) is 8.79. The summed E-state index contributed by atoms with van der Waals surface area (Å²) in [7, 11) is 0. The quantitative estimate of drug-likeness (QED) is 0.550. The highest BCUT2D eigenvalue weighted by molar-refractivity contribution is 5.83. The molecule has 4 aromatic rings. The van der Waals surface area contributed by atoms with Gasteiger partial charge in [0.1, 0.15) is 18.5 Å². The SMILES string of the molecule is CCn1cnc2c(N3CCN(c4cccc5nncn45)CC3)ncnc21. The van der Waals surface area contributed by atoms with E-state index in [-0.39, 0.29) is 0 Å². The van der Waals surface area contributed by atoms with E-state index in [0.717, 1.165) is 61.2 Å². The molecule has 5 rings (SSSR count). The number of aromatic nitrogens is 7. The predicted molar refractivity (Wildman–Crippen MR) is 98.4 cm³/mol. The number of fused-ring (bicyclic) bond motifs is 2. The fraction of sp³-hybridized carbons (Fsp3) is 0.353. The van der Waals surface area contributed by atoms with E-state index >= 15 is 0 Å². The van der Waals surface area contributed by atoms with Gasteiger partial charge in [-0.25, -0.2) is 15.0 Å². The fourth-order valence-corrected chi connectivity index (χ4v) is 3.57. The molecule has 9 heteroatoms. The summed E-state index contributed by atoms with van der Waals surface area (Å²) in [6.45, 7) is 6.50. The number of nitrogens with zero attached hydrogens (tertiary/aromatic N) is 9. The zero-order valence-electron chi connectivity index (χ0n) is 14.5. The van der Waals surface area contributed by atoms with E-state index in [2.05, 4.69) is 47.9 Å². The van der Waals surface area contributed by atoms with Crippen LogP contribution in [-0.2, 0) is 6.54 Å². The number of anilines is 2. The Kier molecular flexibility index (Phi) is 3.44. The lowest BCUT2D eigenvalue weighted by Gasteiger charge is -2.36. The van der Waals surface area contributed by atoms with Crippen molar-refractivity contribution in [1.82, 2.24) is 34.1 Å². The molecule has 1 saturated heterocycles. The van der Waals surface area contributed by atoms with Crippen LogP contribution in [0.15, 0.2) is 37.2 Å². The van der Waals surface area contributed by atoms with E-state index in [1.54, 1.807) is 12.7 Å². The highest BCUT2D eigenvalue weighted by atomic mass is 15.3. The molecule has 5 heterocycles. The van der Waals surface area contributed by atoms with E-state index in [9.17, 15) is 0 Å². The Morgan fingerprint density at radius 3 is 2.65 bits per heavy atom. The maximum absolute atomic E-state index is 4.54. The normalized spacial score (nSPS) is 15.3. The first-order valence-corrected chi connectivity index (χ1v) is 8.79. The molecular weight excluding hydrogens is 330 g/mol. The molecule has 0 spiro atoms. The van der Waals surface area contributed by atoms with E-state index < -0.39 is 0 Å². The topological polar surface area (TPSA) is 80.3 Å². The van der Waals surface area contributed by atoms with Crippen molar-refractivity contribution in [3.05, 3.63) is 37.2 Å². The van der Waals surface area contributed by atoms with Crippen LogP contribution in [0.5, 0.6) is 0 Å². The van der Waals surface area contributed by atoms with Gasteiger partial charge in [-0.3, -0.25) is 4.40 Å². The Labute approximate surface area is 149 Å². The molecule has 9 nitrogen and oxygen atoms in total. The Balaban J connectivity index is 1.41. The van der Waals surface area contributed by atoms with Gasteiger partial charge in [-0.1, -0.05) is 6.07 Å². The van der Waals surface area contributed by atoms with Gasteiger partial charge in [0.25, 0.3) is 0 Å². The summed E-state index contributed by atoms with van der Waals surface area (Å²) in [5.74, 6) is 2.04. The average Bonchev–Trinajstić information content (AvgIpc) is 3.34. The van der Waals surface area contributed by atoms with Crippen molar-refractivity contribution in [2.24, 2.45) is 0 Å². The maximum Gasteiger partial charge on any atom is 0.165 e. The number of aryl methyl sites for hydroxylation is 1. The highest BCUT2D eigenvalue weighted by Gasteiger charge is 2.22. The van der Waals surface area contributed by atoms with Crippen LogP contribution in [0.4, 0.5) is 11.6 Å². The second kappa shape index (κ2) is 5.94. The molecule has 4 aromatic heterocycles. The molecule has 0 bridgehead atoms. The summed E-state index contributed by atoms with van der Waals surface area (Å²) < 4.78 is 4.07. The summed E-state index contributed by atoms with van der Waals surface area (Å²) in [5, 5.41) is 8.14. The molecule has 0 aromatic carbocycles. The van der Waals surface area contributed by atoms with Crippen LogP contribution in [0.25, 0.3) is 16.8 Å². The molecule has 132 valence electrons. The largest absolute Gasteiger partial charge is 0.354 e. The smallest absolute Gasteiger partial charge is 0.165 e. The zero-order valence-corrected chi connectivity index (χ0v) is 14.5. The number of pyridine rings is 1.